The highest BCUT2D eigenvalue weighted by Crippen LogP contribution is 2.29. The minimum Gasteiger partial charge on any atom is -0.346 e. The summed E-state index contributed by atoms with van der Waals surface area (Å²) in [6.45, 7) is 5.93. The number of carbonyl (C=O) groups is 1. The van der Waals surface area contributed by atoms with E-state index in [2.05, 4.69) is 15.5 Å². The van der Waals surface area contributed by atoms with E-state index < -0.39 is 0 Å². The summed E-state index contributed by atoms with van der Waals surface area (Å²) in [6, 6.07) is -0.0989. The first-order valence-electron chi connectivity index (χ1n) is 5.78. The molecular weight excluding hydrogens is 220 g/mol. The summed E-state index contributed by atoms with van der Waals surface area (Å²) in [6.07, 6.45) is 2.05. The SMILES string of the molecule is CC(C)(C)[C@@H](N)c1nc(C(=O)NC2CC2)no1. The molecule has 94 valence electrons. The fourth-order valence-electron chi connectivity index (χ4n) is 1.30. The van der Waals surface area contributed by atoms with E-state index >= 15 is 0 Å². The average molecular weight is 238 g/mol. The Bertz CT molecular complexity index is 417. The van der Waals surface area contributed by atoms with E-state index in [-0.39, 0.29) is 29.2 Å². The number of nitrogens with zero attached hydrogens (tertiary/aromatic N) is 2. The maximum Gasteiger partial charge on any atom is 0.292 e. The van der Waals surface area contributed by atoms with Gasteiger partial charge in [0.1, 0.15) is 0 Å². The number of aromatic nitrogens is 2. The number of hydrogen-bond donors (Lipinski definition) is 2. The van der Waals surface area contributed by atoms with Gasteiger partial charge in [0.05, 0.1) is 6.04 Å². The second-order valence-electron chi connectivity index (χ2n) is 5.55. The van der Waals surface area contributed by atoms with E-state index in [9.17, 15) is 4.79 Å². The molecule has 1 amide bonds. The van der Waals surface area contributed by atoms with E-state index in [4.69, 9.17) is 10.3 Å². The Morgan fingerprint density at radius 1 is 1.53 bits per heavy atom. The van der Waals surface area contributed by atoms with Gasteiger partial charge in [-0.1, -0.05) is 25.9 Å². The predicted molar refractivity (Wildman–Crippen MR) is 61.2 cm³/mol. The molecule has 0 radical (unpaired) electrons. The number of nitrogens with two attached hydrogens (primary N) is 1. The Morgan fingerprint density at radius 2 is 2.18 bits per heavy atom. The van der Waals surface area contributed by atoms with Crippen molar-refractivity contribution in [3.63, 3.8) is 0 Å². The molecule has 0 aliphatic heterocycles. The molecule has 0 saturated heterocycles. The molecule has 1 aromatic rings. The maximum atomic E-state index is 11.6. The van der Waals surface area contributed by atoms with Crippen molar-refractivity contribution in [3.8, 4) is 0 Å². The Kier molecular flexibility index (Phi) is 2.91. The normalized spacial score (nSPS) is 17.9. The standard InChI is InChI=1S/C11H18N4O2/c1-11(2,3)7(12)10-14-8(15-17-10)9(16)13-6-4-5-6/h6-7H,4-5,12H2,1-3H3,(H,13,16)/t7-/m0/s1. The van der Waals surface area contributed by atoms with E-state index in [1.807, 2.05) is 20.8 Å². The van der Waals surface area contributed by atoms with Crippen LogP contribution in [0.1, 0.15) is 56.2 Å². The van der Waals surface area contributed by atoms with Crippen LogP contribution in [0.3, 0.4) is 0 Å². The summed E-state index contributed by atoms with van der Waals surface area (Å²) in [5.41, 5.74) is 5.79. The van der Waals surface area contributed by atoms with Gasteiger partial charge in [0, 0.05) is 6.04 Å². The van der Waals surface area contributed by atoms with Crippen LogP contribution in [-0.4, -0.2) is 22.1 Å². The third kappa shape index (κ3) is 2.82. The van der Waals surface area contributed by atoms with Crippen molar-refractivity contribution in [1.82, 2.24) is 15.5 Å². The van der Waals surface area contributed by atoms with Crippen molar-refractivity contribution in [1.29, 1.82) is 0 Å². The van der Waals surface area contributed by atoms with Crippen LogP contribution in [-0.2, 0) is 0 Å². The number of hydrogen-bond acceptors (Lipinski definition) is 5. The molecule has 6 heteroatoms. The van der Waals surface area contributed by atoms with Gasteiger partial charge in [0.15, 0.2) is 0 Å². The Balaban J connectivity index is 2.06. The van der Waals surface area contributed by atoms with Crippen molar-refractivity contribution in [3.05, 3.63) is 11.7 Å². The third-order valence-corrected chi connectivity index (χ3v) is 2.76. The first kappa shape index (κ1) is 12.0. The molecule has 6 nitrogen and oxygen atoms in total. The van der Waals surface area contributed by atoms with Crippen LogP contribution in [0.25, 0.3) is 0 Å². The summed E-state index contributed by atoms with van der Waals surface area (Å²) >= 11 is 0. The van der Waals surface area contributed by atoms with Gasteiger partial charge in [0.25, 0.3) is 11.7 Å². The zero-order chi connectivity index (χ0) is 12.6. The van der Waals surface area contributed by atoms with Crippen LogP contribution >= 0.6 is 0 Å². The smallest absolute Gasteiger partial charge is 0.292 e. The maximum absolute atomic E-state index is 11.6. The van der Waals surface area contributed by atoms with Crippen molar-refractivity contribution >= 4 is 5.91 Å². The minimum absolute atomic E-state index is 0.0617. The molecule has 1 aliphatic rings. The van der Waals surface area contributed by atoms with Crippen LogP contribution in [0.2, 0.25) is 0 Å². The first-order chi connectivity index (χ1) is 7.88. The van der Waals surface area contributed by atoms with Crippen LogP contribution < -0.4 is 11.1 Å². The second kappa shape index (κ2) is 4.10. The molecule has 0 bridgehead atoms. The zero-order valence-electron chi connectivity index (χ0n) is 10.4. The lowest BCUT2D eigenvalue weighted by atomic mass is 9.87. The number of nitrogens with one attached hydrogen (secondary N) is 1. The second-order valence-corrected chi connectivity index (χ2v) is 5.55. The summed E-state index contributed by atoms with van der Waals surface area (Å²) in [5, 5.41) is 6.45. The Morgan fingerprint density at radius 3 is 2.71 bits per heavy atom. The monoisotopic (exact) mass is 238 g/mol. The van der Waals surface area contributed by atoms with E-state index in [0.29, 0.717) is 5.89 Å². The molecule has 1 fully saturated rings. The lowest BCUT2D eigenvalue weighted by molar-refractivity contribution is 0.0937. The molecule has 1 aromatic heterocycles. The number of amides is 1. The Hall–Kier alpha value is -1.43. The number of carbonyl (C=O) groups excluding carboxylic acids is 1. The van der Waals surface area contributed by atoms with Gasteiger partial charge < -0.3 is 15.6 Å². The molecule has 1 atom stereocenters. The minimum atomic E-state index is -0.377. The molecule has 1 aliphatic carbocycles. The van der Waals surface area contributed by atoms with Gasteiger partial charge in [-0.15, -0.1) is 0 Å². The highest BCUT2D eigenvalue weighted by molar-refractivity contribution is 5.90. The lowest BCUT2D eigenvalue weighted by Crippen LogP contribution is -2.28. The van der Waals surface area contributed by atoms with Crippen LogP contribution in [0, 0.1) is 5.41 Å². The summed E-state index contributed by atoms with van der Waals surface area (Å²) in [7, 11) is 0. The van der Waals surface area contributed by atoms with Gasteiger partial charge >= 0.3 is 0 Å². The molecule has 0 aromatic carbocycles. The molecular formula is C11H18N4O2. The van der Waals surface area contributed by atoms with Crippen molar-refractivity contribution in [2.75, 3.05) is 0 Å². The van der Waals surface area contributed by atoms with Gasteiger partial charge in [-0.3, -0.25) is 4.79 Å². The van der Waals surface area contributed by atoms with Gasteiger partial charge in [-0.05, 0) is 18.3 Å². The van der Waals surface area contributed by atoms with Crippen molar-refractivity contribution in [2.24, 2.45) is 11.1 Å². The lowest BCUT2D eigenvalue weighted by Gasteiger charge is -2.23. The van der Waals surface area contributed by atoms with Crippen LogP contribution in [0.4, 0.5) is 0 Å². The number of rotatable bonds is 3. The molecule has 2 rings (SSSR count). The fraction of sp³-hybridized carbons (Fsp3) is 0.727. The summed E-state index contributed by atoms with van der Waals surface area (Å²) in [5.74, 6) is 0.0775. The molecule has 1 heterocycles. The van der Waals surface area contributed by atoms with Gasteiger partial charge in [-0.2, -0.15) is 4.98 Å². The van der Waals surface area contributed by atoms with Gasteiger partial charge in [0.2, 0.25) is 5.89 Å². The molecule has 0 spiro atoms. The van der Waals surface area contributed by atoms with E-state index in [1.54, 1.807) is 0 Å². The first-order valence-corrected chi connectivity index (χ1v) is 5.78. The third-order valence-electron chi connectivity index (χ3n) is 2.76. The quantitative estimate of drug-likeness (QED) is 0.819. The highest BCUT2D eigenvalue weighted by Gasteiger charge is 2.30. The summed E-state index contributed by atoms with van der Waals surface area (Å²) < 4.78 is 5.03. The highest BCUT2D eigenvalue weighted by atomic mass is 16.5. The van der Waals surface area contributed by atoms with Crippen molar-refractivity contribution in [2.45, 2.75) is 45.7 Å². The summed E-state index contributed by atoms with van der Waals surface area (Å²) in [4.78, 5) is 15.7. The average Bonchev–Trinajstić information content (AvgIpc) is 2.91. The predicted octanol–water partition coefficient (Wildman–Crippen LogP) is 1.01. The molecule has 1 saturated carbocycles. The van der Waals surface area contributed by atoms with E-state index in [0.717, 1.165) is 12.8 Å². The Labute approximate surface area is 99.9 Å². The van der Waals surface area contributed by atoms with Crippen LogP contribution in [0.15, 0.2) is 4.52 Å². The largest absolute Gasteiger partial charge is 0.346 e. The topological polar surface area (TPSA) is 94.0 Å². The van der Waals surface area contributed by atoms with E-state index in [1.165, 1.54) is 0 Å². The fourth-order valence-corrected chi connectivity index (χ4v) is 1.30. The molecule has 3 N–H and O–H groups in total. The molecule has 17 heavy (non-hydrogen) atoms. The van der Waals surface area contributed by atoms with Gasteiger partial charge in [-0.25, -0.2) is 0 Å². The zero-order valence-corrected chi connectivity index (χ0v) is 10.4. The van der Waals surface area contributed by atoms with Crippen LogP contribution in [0.5, 0.6) is 0 Å². The van der Waals surface area contributed by atoms with Crippen molar-refractivity contribution < 1.29 is 9.32 Å². The molecule has 0 unspecified atom stereocenters.